The van der Waals surface area contributed by atoms with Crippen LogP contribution in [0.15, 0.2) is 65.1 Å². The molecule has 0 aliphatic heterocycles. The van der Waals surface area contributed by atoms with Gasteiger partial charge < -0.3 is 15.3 Å². The molecule has 4 rings (SSSR count). The largest absolute Gasteiger partial charge is 0.497 e. The van der Waals surface area contributed by atoms with Crippen LogP contribution in [0.3, 0.4) is 0 Å². The minimum Gasteiger partial charge on any atom is -0.497 e. The maximum Gasteiger partial charge on any atom is 0.230 e. The molecule has 0 saturated heterocycles. The molecule has 4 aromatic rings. The smallest absolute Gasteiger partial charge is 0.230 e. The second-order valence-electron chi connectivity index (χ2n) is 6.84. The van der Waals surface area contributed by atoms with Crippen LogP contribution in [-0.2, 0) is 17.2 Å². The molecular formula is C22H22N6O3S2. The van der Waals surface area contributed by atoms with E-state index in [4.69, 9.17) is 15.3 Å². The topological polar surface area (TPSA) is 108 Å². The van der Waals surface area contributed by atoms with Gasteiger partial charge in [-0.25, -0.2) is 9.66 Å². The van der Waals surface area contributed by atoms with Crippen molar-refractivity contribution in [3.8, 4) is 11.5 Å². The molecule has 2 heterocycles. The zero-order valence-corrected chi connectivity index (χ0v) is 19.7. The summed E-state index contributed by atoms with van der Waals surface area (Å²) in [6, 6.07) is 16.7. The molecule has 0 bridgehead atoms. The molecule has 2 N–H and O–H groups in total. The Morgan fingerprint density at radius 2 is 1.94 bits per heavy atom. The average Bonchev–Trinajstić information content (AvgIpc) is 3.43. The Morgan fingerprint density at radius 1 is 1.15 bits per heavy atom. The molecule has 0 fully saturated rings. The number of rotatable bonds is 9. The third kappa shape index (κ3) is 5.44. The normalized spacial score (nSPS) is 10.7. The van der Waals surface area contributed by atoms with Crippen LogP contribution < -0.4 is 20.2 Å². The Kier molecular flexibility index (Phi) is 7.10. The average molecular weight is 483 g/mol. The Labute approximate surface area is 199 Å². The van der Waals surface area contributed by atoms with E-state index < -0.39 is 0 Å². The third-order valence-electron chi connectivity index (χ3n) is 4.55. The van der Waals surface area contributed by atoms with E-state index in [1.54, 1.807) is 18.1 Å². The number of hydrogen-bond acceptors (Lipinski definition) is 9. The molecular weight excluding hydrogens is 460 g/mol. The van der Waals surface area contributed by atoms with Crippen molar-refractivity contribution >= 4 is 39.8 Å². The van der Waals surface area contributed by atoms with Crippen LogP contribution in [0.25, 0.3) is 0 Å². The van der Waals surface area contributed by atoms with Crippen molar-refractivity contribution in [2.24, 2.45) is 0 Å². The summed E-state index contributed by atoms with van der Waals surface area (Å²) in [5.74, 6) is 8.43. The van der Waals surface area contributed by atoms with Crippen molar-refractivity contribution in [2.45, 2.75) is 24.4 Å². The standard InChI is InChI=1S/C22H22N6O3S2/c1-15(29)27(17-7-4-3-5-8-17)21-24-16(13-32-21)14-33-22-26-25-20(28(22)23)12-31-19-10-6-9-18(11-19)30-2/h3-11,13H,12,14,23H2,1-2H3. The van der Waals surface area contributed by atoms with Gasteiger partial charge in [-0.3, -0.25) is 9.69 Å². The van der Waals surface area contributed by atoms with E-state index in [9.17, 15) is 4.79 Å². The minimum atomic E-state index is -0.0999. The van der Waals surface area contributed by atoms with Crippen molar-refractivity contribution in [3.05, 3.63) is 71.5 Å². The van der Waals surface area contributed by atoms with Crippen LogP contribution in [0.1, 0.15) is 18.4 Å². The highest BCUT2D eigenvalue weighted by Gasteiger charge is 2.18. The van der Waals surface area contributed by atoms with Gasteiger partial charge in [-0.15, -0.1) is 21.5 Å². The van der Waals surface area contributed by atoms with Gasteiger partial charge in [-0.05, 0) is 24.3 Å². The fraction of sp³-hybridized carbons (Fsp3) is 0.182. The van der Waals surface area contributed by atoms with Crippen molar-refractivity contribution < 1.29 is 14.3 Å². The fourth-order valence-electron chi connectivity index (χ4n) is 2.95. The number of nitrogens with two attached hydrogens (primary N) is 1. The van der Waals surface area contributed by atoms with E-state index >= 15 is 0 Å². The number of nitrogens with zero attached hydrogens (tertiary/aromatic N) is 5. The molecule has 2 aromatic heterocycles. The molecule has 170 valence electrons. The molecule has 2 aromatic carbocycles. The zero-order valence-electron chi connectivity index (χ0n) is 18.0. The number of benzene rings is 2. The molecule has 9 nitrogen and oxygen atoms in total. The van der Waals surface area contributed by atoms with Crippen LogP contribution >= 0.6 is 23.1 Å². The Hall–Kier alpha value is -3.57. The number of amides is 1. The lowest BCUT2D eigenvalue weighted by molar-refractivity contribution is -0.115. The molecule has 0 aliphatic rings. The van der Waals surface area contributed by atoms with Crippen molar-refractivity contribution in [1.29, 1.82) is 0 Å². The van der Waals surface area contributed by atoms with Crippen molar-refractivity contribution in [3.63, 3.8) is 0 Å². The SMILES string of the molecule is COc1cccc(OCc2nnc(SCc3csc(N(C(C)=O)c4ccccc4)n3)n2N)c1. The van der Waals surface area contributed by atoms with Gasteiger partial charge in [0.25, 0.3) is 0 Å². The summed E-state index contributed by atoms with van der Waals surface area (Å²) in [5, 5.41) is 11.4. The first-order valence-electron chi connectivity index (χ1n) is 9.94. The lowest BCUT2D eigenvalue weighted by Gasteiger charge is -2.17. The summed E-state index contributed by atoms with van der Waals surface area (Å²) in [4.78, 5) is 18.4. The number of hydrogen-bond donors (Lipinski definition) is 1. The van der Waals surface area contributed by atoms with Crippen LogP contribution in [0, 0.1) is 0 Å². The summed E-state index contributed by atoms with van der Waals surface area (Å²) in [6.45, 7) is 1.69. The zero-order chi connectivity index (χ0) is 23.2. The Morgan fingerprint density at radius 3 is 2.70 bits per heavy atom. The number of nitrogen functional groups attached to an aromatic ring is 1. The van der Waals surface area contributed by atoms with Gasteiger partial charge in [-0.2, -0.15) is 0 Å². The second kappa shape index (κ2) is 10.4. The van der Waals surface area contributed by atoms with Gasteiger partial charge in [-0.1, -0.05) is 36.0 Å². The fourth-order valence-corrected chi connectivity index (χ4v) is 4.71. The van der Waals surface area contributed by atoms with Crippen molar-refractivity contribution in [2.75, 3.05) is 17.9 Å². The molecule has 0 unspecified atom stereocenters. The second-order valence-corrected chi connectivity index (χ2v) is 8.62. The number of thioether (sulfide) groups is 1. The number of ether oxygens (including phenoxy) is 2. The van der Waals surface area contributed by atoms with Crippen LogP contribution in [-0.4, -0.2) is 32.9 Å². The van der Waals surface area contributed by atoms with Crippen LogP contribution in [0.2, 0.25) is 0 Å². The van der Waals surface area contributed by atoms with Gasteiger partial charge in [0.1, 0.15) is 18.1 Å². The van der Waals surface area contributed by atoms with Crippen LogP contribution in [0.4, 0.5) is 10.8 Å². The minimum absolute atomic E-state index is 0.0999. The summed E-state index contributed by atoms with van der Waals surface area (Å²) in [7, 11) is 1.60. The highest BCUT2D eigenvalue weighted by Crippen LogP contribution is 2.31. The molecule has 1 amide bonds. The molecule has 0 saturated carbocycles. The van der Waals surface area contributed by atoms with E-state index in [2.05, 4.69) is 15.2 Å². The number of carbonyl (C=O) groups excluding carboxylic acids is 1. The van der Waals surface area contributed by atoms with Gasteiger partial charge in [0.2, 0.25) is 11.1 Å². The highest BCUT2D eigenvalue weighted by atomic mass is 32.2. The maximum absolute atomic E-state index is 12.2. The Balaban J connectivity index is 1.38. The summed E-state index contributed by atoms with van der Waals surface area (Å²) < 4.78 is 12.3. The van der Waals surface area contributed by atoms with E-state index in [0.29, 0.717) is 33.4 Å². The predicted molar refractivity (Wildman–Crippen MR) is 128 cm³/mol. The number of carbonyl (C=O) groups is 1. The first kappa shape index (κ1) is 22.6. The number of para-hydroxylation sites is 1. The van der Waals surface area contributed by atoms with E-state index in [1.165, 1.54) is 34.7 Å². The molecule has 33 heavy (non-hydrogen) atoms. The van der Waals surface area contributed by atoms with Gasteiger partial charge in [0.15, 0.2) is 11.0 Å². The summed E-state index contributed by atoms with van der Waals surface area (Å²) in [5.41, 5.74) is 1.60. The molecule has 0 aliphatic carbocycles. The van der Waals surface area contributed by atoms with Crippen molar-refractivity contribution in [1.82, 2.24) is 19.9 Å². The number of methoxy groups -OCH3 is 1. The molecule has 0 radical (unpaired) electrons. The summed E-state index contributed by atoms with van der Waals surface area (Å²) in [6.07, 6.45) is 0. The maximum atomic E-state index is 12.2. The van der Waals surface area contributed by atoms with E-state index in [0.717, 1.165) is 11.4 Å². The summed E-state index contributed by atoms with van der Waals surface area (Å²) >= 11 is 2.82. The molecule has 0 spiro atoms. The number of anilines is 2. The first-order chi connectivity index (χ1) is 16.0. The highest BCUT2D eigenvalue weighted by molar-refractivity contribution is 7.98. The number of aromatic nitrogens is 4. The van der Waals surface area contributed by atoms with E-state index in [1.807, 2.05) is 53.9 Å². The number of thiazole rings is 1. The third-order valence-corrected chi connectivity index (χ3v) is 6.40. The van der Waals surface area contributed by atoms with Gasteiger partial charge >= 0.3 is 0 Å². The predicted octanol–water partition coefficient (Wildman–Crippen LogP) is 4.01. The monoisotopic (exact) mass is 482 g/mol. The lowest BCUT2D eigenvalue weighted by Crippen LogP contribution is -2.22. The molecule has 0 atom stereocenters. The first-order valence-corrected chi connectivity index (χ1v) is 11.8. The molecule has 11 heteroatoms. The van der Waals surface area contributed by atoms with E-state index in [-0.39, 0.29) is 12.5 Å². The van der Waals surface area contributed by atoms with Crippen LogP contribution in [0.5, 0.6) is 11.5 Å². The van der Waals surface area contributed by atoms with Gasteiger partial charge in [0, 0.05) is 24.1 Å². The Bertz CT molecular complexity index is 1230. The lowest BCUT2D eigenvalue weighted by atomic mass is 10.3. The quantitative estimate of drug-likeness (QED) is 0.282. The van der Waals surface area contributed by atoms with Gasteiger partial charge in [0.05, 0.1) is 18.5 Å².